The van der Waals surface area contributed by atoms with E-state index in [0.29, 0.717) is 23.6 Å². The molecule has 1 heterocycles. The van der Waals surface area contributed by atoms with Crippen molar-refractivity contribution in [1.82, 2.24) is 9.80 Å². The summed E-state index contributed by atoms with van der Waals surface area (Å²) in [5.41, 5.74) is 0.696. The number of benzene rings is 1. The Bertz CT molecular complexity index is 544. The third-order valence-corrected chi connectivity index (χ3v) is 4.62. The lowest BCUT2D eigenvalue weighted by atomic mass is 10.0. The van der Waals surface area contributed by atoms with Gasteiger partial charge in [0.15, 0.2) is 11.5 Å². The summed E-state index contributed by atoms with van der Waals surface area (Å²) in [6.45, 7) is 3.84. The van der Waals surface area contributed by atoms with Crippen molar-refractivity contribution in [2.45, 2.75) is 25.3 Å². The van der Waals surface area contributed by atoms with Crippen molar-refractivity contribution in [2.24, 2.45) is 0 Å². The molecule has 1 aromatic rings. The van der Waals surface area contributed by atoms with E-state index in [9.17, 15) is 9.90 Å². The van der Waals surface area contributed by atoms with Gasteiger partial charge in [0.25, 0.3) is 0 Å². The van der Waals surface area contributed by atoms with Gasteiger partial charge >= 0.3 is 5.97 Å². The Kier molecular flexibility index (Phi) is 6.87. The number of carboxylic acids is 1. The van der Waals surface area contributed by atoms with E-state index in [1.807, 2.05) is 11.9 Å². The molecule has 0 aromatic heterocycles. The molecule has 0 saturated carbocycles. The molecule has 0 unspecified atom stereocenters. The molecule has 24 heavy (non-hydrogen) atoms. The molecule has 0 aliphatic carbocycles. The van der Waals surface area contributed by atoms with Gasteiger partial charge in [0.2, 0.25) is 0 Å². The molecule has 1 saturated heterocycles. The molecule has 0 radical (unpaired) electrons. The van der Waals surface area contributed by atoms with Crippen LogP contribution in [0, 0.1) is 0 Å². The van der Waals surface area contributed by atoms with E-state index in [4.69, 9.17) is 9.47 Å². The number of hydrogen-bond acceptors (Lipinski definition) is 5. The van der Waals surface area contributed by atoms with Crippen molar-refractivity contribution in [1.29, 1.82) is 0 Å². The smallest absolute Gasteiger partial charge is 0.325 e. The van der Waals surface area contributed by atoms with Crippen LogP contribution in [-0.4, -0.2) is 68.3 Å². The molecular weight excluding hydrogens is 308 g/mol. The van der Waals surface area contributed by atoms with E-state index in [1.54, 1.807) is 32.4 Å². The average molecular weight is 336 g/mol. The topological polar surface area (TPSA) is 62.2 Å². The molecule has 1 aliphatic heterocycles. The lowest BCUT2D eigenvalue weighted by Gasteiger charge is -2.31. The quantitative estimate of drug-likeness (QED) is 0.786. The number of methoxy groups -OCH3 is 2. The molecule has 1 fully saturated rings. The van der Waals surface area contributed by atoms with E-state index in [1.165, 1.54) is 19.3 Å². The minimum absolute atomic E-state index is 0.547. The molecule has 1 aliphatic rings. The summed E-state index contributed by atoms with van der Waals surface area (Å²) < 4.78 is 10.5. The Morgan fingerprint density at radius 2 is 1.88 bits per heavy atom. The number of piperidine rings is 1. The van der Waals surface area contributed by atoms with Crippen LogP contribution in [0.15, 0.2) is 18.2 Å². The van der Waals surface area contributed by atoms with E-state index in [2.05, 4.69) is 4.90 Å². The molecule has 0 amide bonds. The van der Waals surface area contributed by atoms with Crippen LogP contribution in [0.3, 0.4) is 0 Å². The number of likely N-dealkylation sites (N-methyl/N-ethyl adjacent to an activating group) is 1. The zero-order valence-electron chi connectivity index (χ0n) is 14.8. The molecule has 1 N–H and O–H groups in total. The second kappa shape index (κ2) is 8.89. The molecule has 0 bridgehead atoms. The predicted molar refractivity (Wildman–Crippen MR) is 92.8 cm³/mol. The Morgan fingerprint density at radius 3 is 2.46 bits per heavy atom. The Morgan fingerprint density at radius 1 is 1.21 bits per heavy atom. The minimum atomic E-state index is -0.858. The maximum Gasteiger partial charge on any atom is 0.325 e. The van der Waals surface area contributed by atoms with Crippen molar-refractivity contribution in [3.8, 4) is 11.5 Å². The third kappa shape index (κ3) is 4.61. The van der Waals surface area contributed by atoms with Crippen molar-refractivity contribution < 1.29 is 19.4 Å². The molecule has 2 rings (SSSR count). The lowest BCUT2D eigenvalue weighted by Crippen LogP contribution is -2.39. The van der Waals surface area contributed by atoms with Gasteiger partial charge in [0, 0.05) is 13.1 Å². The van der Waals surface area contributed by atoms with Crippen LogP contribution in [0.25, 0.3) is 0 Å². The SMILES string of the molecule is COc1ccc([C@@H](C(=O)O)N(C)CCN2CCCCC2)cc1OC. The monoisotopic (exact) mass is 336 g/mol. The first-order valence-electron chi connectivity index (χ1n) is 8.44. The molecule has 0 spiro atoms. The van der Waals surface area contributed by atoms with Crippen molar-refractivity contribution in [3.05, 3.63) is 23.8 Å². The highest BCUT2D eigenvalue weighted by atomic mass is 16.5. The third-order valence-electron chi connectivity index (χ3n) is 4.62. The number of likely N-dealkylation sites (tertiary alicyclic amines) is 1. The second-order valence-corrected chi connectivity index (χ2v) is 6.24. The summed E-state index contributed by atoms with van der Waals surface area (Å²) >= 11 is 0. The number of aliphatic carboxylic acids is 1. The van der Waals surface area contributed by atoms with Gasteiger partial charge in [-0.2, -0.15) is 0 Å². The van der Waals surface area contributed by atoms with Crippen molar-refractivity contribution >= 4 is 5.97 Å². The zero-order valence-corrected chi connectivity index (χ0v) is 14.8. The number of rotatable bonds is 8. The molecule has 134 valence electrons. The minimum Gasteiger partial charge on any atom is -0.493 e. The van der Waals surface area contributed by atoms with Crippen LogP contribution in [0.1, 0.15) is 30.9 Å². The highest BCUT2D eigenvalue weighted by molar-refractivity contribution is 5.76. The Hall–Kier alpha value is -1.79. The summed E-state index contributed by atoms with van der Waals surface area (Å²) in [5.74, 6) is 0.287. The molecule has 1 atom stereocenters. The van der Waals surface area contributed by atoms with Gasteiger partial charge in [0.1, 0.15) is 6.04 Å². The molecule has 1 aromatic carbocycles. The maximum atomic E-state index is 11.8. The van der Waals surface area contributed by atoms with Crippen LogP contribution in [0.4, 0.5) is 0 Å². The number of carboxylic acid groups (broad SMARTS) is 1. The van der Waals surface area contributed by atoms with E-state index >= 15 is 0 Å². The number of ether oxygens (including phenoxy) is 2. The Labute approximate surface area is 144 Å². The van der Waals surface area contributed by atoms with Crippen LogP contribution >= 0.6 is 0 Å². The first kappa shape index (κ1) is 18.5. The van der Waals surface area contributed by atoms with Crippen LogP contribution in [-0.2, 0) is 4.79 Å². The fourth-order valence-electron chi connectivity index (χ4n) is 3.22. The van der Waals surface area contributed by atoms with Gasteiger partial charge in [-0.15, -0.1) is 0 Å². The largest absolute Gasteiger partial charge is 0.493 e. The van der Waals surface area contributed by atoms with Gasteiger partial charge in [-0.1, -0.05) is 12.5 Å². The summed E-state index contributed by atoms with van der Waals surface area (Å²) in [5, 5.41) is 9.70. The predicted octanol–water partition coefficient (Wildman–Crippen LogP) is 2.25. The van der Waals surface area contributed by atoms with E-state index in [0.717, 1.165) is 19.6 Å². The van der Waals surface area contributed by atoms with E-state index in [-0.39, 0.29) is 0 Å². The van der Waals surface area contributed by atoms with Crippen LogP contribution < -0.4 is 9.47 Å². The fourth-order valence-corrected chi connectivity index (χ4v) is 3.22. The maximum absolute atomic E-state index is 11.8. The van der Waals surface area contributed by atoms with Gasteiger partial charge in [-0.25, -0.2) is 0 Å². The van der Waals surface area contributed by atoms with Gasteiger partial charge in [0.05, 0.1) is 14.2 Å². The summed E-state index contributed by atoms with van der Waals surface area (Å²) in [7, 11) is 4.98. The van der Waals surface area contributed by atoms with Gasteiger partial charge in [-0.3, -0.25) is 9.69 Å². The molecular formula is C18H28N2O4. The van der Waals surface area contributed by atoms with Crippen molar-refractivity contribution in [2.75, 3.05) is 47.4 Å². The molecule has 6 heteroatoms. The normalized spacial score (nSPS) is 16.8. The summed E-state index contributed by atoms with van der Waals surface area (Å²) in [6.07, 6.45) is 3.78. The van der Waals surface area contributed by atoms with Crippen molar-refractivity contribution in [3.63, 3.8) is 0 Å². The summed E-state index contributed by atoms with van der Waals surface area (Å²) in [6, 6.07) is 4.59. The second-order valence-electron chi connectivity index (χ2n) is 6.24. The summed E-state index contributed by atoms with van der Waals surface area (Å²) in [4.78, 5) is 16.1. The highest BCUT2D eigenvalue weighted by Crippen LogP contribution is 2.31. The standard InChI is InChI=1S/C18H28N2O4/c1-19(11-12-20-9-5-4-6-10-20)17(18(21)22)14-7-8-15(23-2)16(13-14)24-3/h7-8,13,17H,4-6,9-12H2,1-3H3,(H,21,22)/t17-/m0/s1. The lowest BCUT2D eigenvalue weighted by molar-refractivity contribution is -0.143. The average Bonchev–Trinajstić information content (AvgIpc) is 2.60. The van der Waals surface area contributed by atoms with Crippen LogP contribution in [0.5, 0.6) is 11.5 Å². The number of nitrogens with zero attached hydrogens (tertiary/aromatic N) is 2. The van der Waals surface area contributed by atoms with Gasteiger partial charge < -0.3 is 19.5 Å². The highest BCUT2D eigenvalue weighted by Gasteiger charge is 2.26. The zero-order chi connectivity index (χ0) is 17.5. The molecule has 6 nitrogen and oxygen atoms in total. The number of hydrogen-bond donors (Lipinski definition) is 1. The Balaban J connectivity index is 2.08. The number of carbonyl (C=O) groups is 1. The fraction of sp³-hybridized carbons (Fsp3) is 0.611. The van der Waals surface area contributed by atoms with Gasteiger partial charge in [-0.05, 0) is 50.7 Å². The first-order valence-corrected chi connectivity index (χ1v) is 8.44. The first-order chi connectivity index (χ1) is 11.6. The van der Waals surface area contributed by atoms with E-state index < -0.39 is 12.0 Å². The van der Waals surface area contributed by atoms with Crippen LogP contribution in [0.2, 0.25) is 0 Å².